The van der Waals surface area contributed by atoms with Gasteiger partial charge in [0.25, 0.3) is 0 Å². The molecule has 0 saturated heterocycles. The molecule has 2 rings (SSSR count). The third-order valence-corrected chi connectivity index (χ3v) is 4.29. The normalized spacial score (nSPS) is 12.1. The zero-order chi connectivity index (χ0) is 14.4. The molecule has 2 nitrogen and oxygen atoms in total. The van der Waals surface area contributed by atoms with Crippen LogP contribution in [0.1, 0.15) is 17.9 Å². The first-order valence-electron chi connectivity index (χ1n) is 6.33. The number of thioether (sulfide) groups is 1. The van der Waals surface area contributed by atoms with Gasteiger partial charge in [-0.25, -0.2) is 0 Å². The van der Waals surface area contributed by atoms with Crippen LogP contribution in [-0.4, -0.2) is 16.8 Å². The van der Waals surface area contributed by atoms with E-state index in [9.17, 15) is 9.90 Å². The van der Waals surface area contributed by atoms with Crippen molar-refractivity contribution in [3.8, 4) is 0 Å². The van der Waals surface area contributed by atoms with Gasteiger partial charge in [-0.05, 0) is 42.0 Å². The topological polar surface area (TPSA) is 37.3 Å². The number of rotatable bonds is 6. The van der Waals surface area contributed by atoms with Gasteiger partial charge < -0.3 is 5.11 Å². The smallest absolute Gasteiger partial charge is 0.311 e. The standard InChI is InChI=1S/C16H15ClO2S/c17-13-8-6-12(7-9-13)15(16(18)19)10-11-20-14-4-2-1-3-5-14/h1-9,15H,10-11H2,(H,18,19). The van der Waals surface area contributed by atoms with E-state index in [-0.39, 0.29) is 0 Å². The molecule has 0 heterocycles. The molecule has 0 spiro atoms. The van der Waals surface area contributed by atoms with Gasteiger partial charge in [0, 0.05) is 9.92 Å². The van der Waals surface area contributed by atoms with Crippen molar-refractivity contribution in [3.63, 3.8) is 0 Å². The molecule has 0 aliphatic heterocycles. The van der Waals surface area contributed by atoms with Crippen molar-refractivity contribution in [2.75, 3.05) is 5.75 Å². The van der Waals surface area contributed by atoms with E-state index in [0.29, 0.717) is 11.4 Å². The average molecular weight is 307 g/mol. The van der Waals surface area contributed by atoms with Crippen molar-refractivity contribution < 1.29 is 9.90 Å². The Bertz CT molecular complexity index is 554. The van der Waals surface area contributed by atoms with Crippen molar-refractivity contribution in [2.24, 2.45) is 0 Å². The first-order valence-corrected chi connectivity index (χ1v) is 7.69. The molecule has 0 amide bonds. The second-order valence-electron chi connectivity index (χ2n) is 4.39. The second kappa shape index (κ2) is 7.36. The summed E-state index contributed by atoms with van der Waals surface area (Å²) in [7, 11) is 0. The van der Waals surface area contributed by atoms with Crippen LogP contribution in [0.4, 0.5) is 0 Å². The minimum Gasteiger partial charge on any atom is -0.481 e. The molecule has 1 atom stereocenters. The molecular formula is C16H15ClO2S. The summed E-state index contributed by atoms with van der Waals surface area (Å²) in [5, 5.41) is 9.97. The van der Waals surface area contributed by atoms with E-state index >= 15 is 0 Å². The summed E-state index contributed by atoms with van der Waals surface area (Å²) in [6, 6.07) is 17.0. The summed E-state index contributed by atoms with van der Waals surface area (Å²) < 4.78 is 0. The fourth-order valence-corrected chi connectivity index (χ4v) is 3.00. The maximum Gasteiger partial charge on any atom is 0.311 e. The second-order valence-corrected chi connectivity index (χ2v) is 6.00. The van der Waals surface area contributed by atoms with Gasteiger partial charge in [-0.2, -0.15) is 0 Å². The maximum atomic E-state index is 11.4. The maximum absolute atomic E-state index is 11.4. The largest absolute Gasteiger partial charge is 0.481 e. The Morgan fingerprint density at radius 2 is 1.75 bits per heavy atom. The summed E-state index contributed by atoms with van der Waals surface area (Å²) in [6.07, 6.45) is 0.594. The minimum absolute atomic E-state index is 0.483. The Morgan fingerprint density at radius 3 is 2.35 bits per heavy atom. The van der Waals surface area contributed by atoms with Gasteiger partial charge in [-0.1, -0.05) is 41.9 Å². The first kappa shape index (κ1) is 14.9. The van der Waals surface area contributed by atoms with Crippen LogP contribution in [0.5, 0.6) is 0 Å². The van der Waals surface area contributed by atoms with Gasteiger partial charge in [0.15, 0.2) is 0 Å². The van der Waals surface area contributed by atoms with Crippen LogP contribution >= 0.6 is 23.4 Å². The zero-order valence-corrected chi connectivity index (χ0v) is 12.4. The number of hydrogen-bond acceptors (Lipinski definition) is 2. The predicted molar refractivity (Wildman–Crippen MR) is 83.6 cm³/mol. The van der Waals surface area contributed by atoms with Crippen LogP contribution in [0.25, 0.3) is 0 Å². The Labute approximate surface area is 127 Å². The summed E-state index contributed by atoms with van der Waals surface area (Å²) in [5.74, 6) is -0.506. The van der Waals surface area contributed by atoms with Crippen molar-refractivity contribution in [2.45, 2.75) is 17.2 Å². The molecule has 104 valence electrons. The van der Waals surface area contributed by atoms with Crippen LogP contribution in [0.3, 0.4) is 0 Å². The zero-order valence-electron chi connectivity index (χ0n) is 10.8. The third kappa shape index (κ3) is 4.29. The molecule has 4 heteroatoms. The summed E-state index contributed by atoms with van der Waals surface area (Å²) in [6.45, 7) is 0. The lowest BCUT2D eigenvalue weighted by Crippen LogP contribution is -2.12. The van der Waals surface area contributed by atoms with Gasteiger partial charge >= 0.3 is 5.97 Å². The average Bonchev–Trinajstić information content (AvgIpc) is 2.46. The van der Waals surface area contributed by atoms with Crippen molar-refractivity contribution in [3.05, 3.63) is 65.2 Å². The van der Waals surface area contributed by atoms with E-state index in [1.807, 2.05) is 30.3 Å². The Hall–Kier alpha value is -1.45. The summed E-state index contributed by atoms with van der Waals surface area (Å²) >= 11 is 7.50. The highest BCUT2D eigenvalue weighted by atomic mass is 35.5. The van der Waals surface area contributed by atoms with Crippen LogP contribution in [-0.2, 0) is 4.79 Å². The van der Waals surface area contributed by atoms with Crippen molar-refractivity contribution in [1.82, 2.24) is 0 Å². The van der Waals surface area contributed by atoms with Gasteiger partial charge in [0.1, 0.15) is 0 Å². The number of halogens is 1. The highest BCUT2D eigenvalue weighted by Crippen LogP contribution is 2.26. The van der Waals surface area contributed by atoms with Crippen LogP contribution < -0.4 is 0 Å². The van der Waals surface area contributed by atoms with E-state index in [4.69, 9.17) is 11.6 Å². The lowest BCUT2D eigenvalue weighted by molar-refractivity contribution is -0.138. The van der Waals surface area contributed by atoms with Gasteiger partial charge in [-0.15, -0.1) is 11.8 Å². The molecule has 2 aromatic rings. The highest BCUT2D eigenvalue weighted by Gasteiger charge is 2.19. The molecule has 0 aliphatic carbocycles. The molecule has 0 aliphatic rings. The molecular weight excluding hydrogens is 292 g/mol. The number of carboxylic acids is 1. The fourth-order valence-electron chi connectivity index (χ4n) is 1.94. The van der Waals surface area contributed by atoms with E-state index in [0.717, 1.165) is 16.2 Å². The Balaban J connectivity index is 1.96. The van der Waals surface area contributed by atoms with Crippen LogP contribution in [0.15, 0.2) is 59.5 Å². The molecule has 0 bridgehead atoms. The SMILES string of the molecule is O=C(O)C(CCSc1ccccc1)c1ccc(Cl)cc1. The molecule has 1 N–H and O–H groups in total. The quantitative estimate of drug-likeness (QED) is 0.787. The molecule has 1 unspecified atom stereocenters. The molecule has 0 saturated carbocycles. The number of benzene rings is 2. The number of hydrogen-bond donors (Lipinski definition) is 1. The Kier molecular flexibility index (Phi) is 5.50. The first-order chi connectivity index (χ1) is 9.66. The van der Waals surface area contributed by atoms with Crippen molar-refractivity contribution >= 4 is 29.3 Å². The van der Waals surface area contributed by atoms with E-state index < -0.39 is 11.9 Å². The van der Waals surface area contributed by atoms with Crippen LogP contribution in [0.2, 0.25) is 5.02 Å². The molecule has 0 aromatic heterocycles. The van der Waals surface area contributed by atoms with Gasteiger partial charge in [0.2, 0.25) is 0 Å². The monoisotopic (exact) mass is 306 g/mol. The highest BCUT2D eigenvalue weighted by molar-refractivity contribution is 7.99. The van der Waals surface area contributed by atoms with Crippen molar-refractivity contribution in [1.29, 1.82) is 0 Å². The summed E-state index contributed by atoms with van der Waals surface area (Å²) in [4.78, 5) is 12.5. The predicted octanol–water partition coefficient (Wildman–Crippen LogP) is 4.69. The lowest BCUT2D eigenvalue weighted by atomic mass is 9.97. The fraction of sp³-hybridized carbons (Fsp3) is 0.188. The molecule has 20 heavy (non-hydrogen) atoms. The number of carbonyl (C=O) groups is 1. The summed E-state index contributed by atoms with van der Waals surface area (Å²) in [5.41, 5.74) is 0.801. The van der Waals surface area contributed by atoms with Crippen LogP contribution in [0, 0.1) is 0 Å². The Morgan fingerprint density at radius 1 is 1.10 bits per heavy atom. The number of carboxylic acid groups (broad SMARTS) is 1. The molecule has 0 fully saturated rings. The minimum atomic E-state index is -0.791. The third-order valence-electron chi connectivity index (χ3n) is 2.99. The van der Waals surface area contributed by atoms with Gasteiger partial charge in [0.05, 0.1) is 5.92 Å². The van der Waals surface area contributed by atoms with Gasteiger partial charge in [-0.3, -0.25) is 4.79 Å². The van der Waals surface area contributed by atoms with E-state index in [2.05, 4.69) is 0 Å². The molecule has 0 radical (unpaired) electrons. The van der Waals surface area contributed by atoms with E-state index in [1.54, 1.807) is 36.0 Å². The molecule has 2 aromatic carbocycles. The lowest BCUT2D eigenvalue weighted by Gasteiger charge is -2.12. The number of aliphatic carboxylic acids is 1. The van der Waals surface area contributed by atoms with E-state index in [1.165, 1.54) is 0 Å².